The average Bonchev–Trinajstić information content (AvgIpc) is 2.67. The fourth-order valence-electron chi connectivity index (χ4n) is 10.3. The van der Waals surface area contributed by atoms with Gasteiger partial charge < -0.3 is 4.90 Å². The van der Waals surface area contributed by atoms with E-state index in [1.54, 1.807) is 4.90 Å². The van der Waals surface area contributed by atoms with Crippen molar-refractivity contribution in [2.75, 3.05) is 4.90 Å². The first-order chi connectivity index (χ1) is 37.0. The standard InChI is InChI=1S/C60H45N/c1-58(2)52-28-16-13-25-46(52)49-34-31-43(37-55(49)58)61(44-32-35-50-47-26-14-17-29-53(47)59(3,56(50)38-44)40-19-7-4-8-20-40)45-33-36-51-48-27-15-18-30-54(48)60(57(51)39-45,41-21-9-5-10-22-41)42-23-11-6-12-24-42/h4-39H,1-3H3/i5D,6D,9D,10D,11D,12D,15D,18D,21D,22D,23D,24D,27D,30D,33D,36D,39D. The van der Waals surface area contributed by atoms with Gasteiger partial charge in [0.25, 0.3) is 0 Å². The summed E-state index contributed by atoms with van der Waals surface area (Å²) in [5, 5.41) is 0. The molecule has 0 bridgehead atoms. The van der Waals surface area contributed by atoms with Crippen LogP contribution in [-0.2, 0) is 16.2 Å². The van der Waals surface area contributed by atoms with Crippen molar-refractivity contribution in [3.8, 4) is 33.4 Å². The molecule has 61 heavy (non-hydrogen) atoms. The zero-order chi connectivity index (χ0) is 55.7. The van der Waals surface area contributed by atoms with Crippen LogP contribution < -0.4 is 4.90 Å². The Morgan fingerprint density at radius 1 is 0.361 bits per heavy atom. The van der Waals surface area contributed by atoms with E-state index >= 15 is 0 Å². The molecule has 1 nitrogen and oxygen atoms in total. The topological polar surface area (TPSA) is 3.24 Å². The maximum Gasteiger partial charge on any atom is 0.0714 e. The van der Waals surface area contributed by atoms with Gasteiger partial charge in [0.15, 0.2) is 0 Å². The van der Waals surface area contributed by atoms with Gasteiger partial charge in [-0.2, -0.15) is 0 Å². The smallest absolute Gasteiger partial charge is 0.0714 e. The molecule has 1 unspecified atom stereocenters. The molecule has 0 spiro atoms. The maximum absolute atomic E-state index is 10.9. The third kappa shape index (κ3) is 4.89. The Hall–Kier alpha value is -7.22. The molecule has 0 heterocycles. The van der Waals surface area contributed by atoms with Gasteiger partial charge in [0.05, 0.1) is 28.7 Å². The van der Waals surface area contributed by atoms with Crippen LogP contribution in [-0.4, -0.2) is 0 Å². The number of nitrogens with zero attached hydrogens (tertiary/aromatic N) is 1. The largest absolute Gasteiger partial charge is 0.310 e. The van der Waals surface area contributed by atoms with Crippen LogP contribution in [0.2, 0.25) is 0 Å². The SMILES string of the molecule is [2H]c1c([2H])c([2H])c(C2(c3c([2H])c([2H])c([2H])c([2H])c3[2H])c3c([2H])c([2H])c([2H])c([2H])c3-c3c([2H])c([2H])c(N(c4ccc5c(c4)C(C)(C)c4ccccc4-5)c4ccc5c(c4)C(C)(c4ccccc4)c4ccccc4-5)c([2H])c32)c([2H])c1[2H]. The molecule has 0 amide bonds. The molecule has 12 rings (SSSR count). The molecule has 0 saturated heterocycles. The molecule has 3 aliphatic carbocycles. The van der Waals surface area contributed by atoms with E-state index in [9.17, 15) is 12.3 Å². The van der Waals surface area contributed by atoms with Crippen LogP contribution in [0.15, 0.2) is 218 Å². The number of benzene rings is 9. The lowest BCUT2D eigenvalue weighted by Gasteiger charge is -2.35. The van der Waals surface area contributed by atoms with Crippen molar-refractivity contribution in [2.45, 2.75) is 37.0 Å². The zero-order valence-corrected chi connectivity index (χ0v) is 33.4. The lowest BCUT2D eigenvalue weighted by atomic mass is 9.67. The van der Waals surface area contributed by atoms with Crippen LogP contribution in [0.25, 0.3) is 33.4 Å². The van der Waals surface area contributed by atoms with Crippen molar-refractivity contribution in [3.05, 3.63) is 268 Å². The summed E-state index contributed by atoms with van der Waals surface area (Å²) in [4.78, 5) is 1.64. The molecule has 1 atom stereocenters. The van der Waals surface area contributed by atoms with Crippen LogP contribution >= 0.6 is 0 Å². The van der Waals surface area contributed by atoms with E-state index in [0.717, 1.165) is 50.1 Å². The number of fused-ring (bicyclic) bond motifs is 9. The summed E-state index contributed by atoms with van der Waals surface area (Å²) < 4.78 is 161. The van der Waals surface area contributed by atoms with Crippen molar-refractivity contribution < 1.29 is 23.3 Å². The minimum absolute atomic E-state index is 0.309. The first-order valence-electron chi connectivity index (χ1n) is 28.7. The van der Waals surface area contributed by atoms with Crippen LogP contribution in [0.5, 0.6) is 0 Å². The number of hydrogen-bond donors (Lipinski definition) is 0. The monoisotopic (exact) mass is 796 g/mol. The summed E-state index contributed by atoms with van der Waals surface area (Å²) in [6, 6.07) is 23.0. The Morgan fingerprint density at radius 3 is 1.57 bits per heavy atom. The Morgan fingerprint density at radius 2 is 0.885 bits per heavy atom. The Balaban J connectivity index is 1.29. The number of hydrogen-bond acceptors (Lipinski definition) is 1. The van der Waals surface area contributed by atoms with E-state index < -0.39 is 152 Å². The second-order valence-electron chi connectivity index (χ2n) is 16.5. The zero-order valence-electron chi connectivity index (χ0n) is 50.4. The van der Waals surface area contributed by atoms with Crippen molar-refractivity contribution in [2.24, 2.45) is 0 Å². The molecule has 0 radical (unpaired) electrons. The minimum atomic E-state index is -2.96. The maximum atomic E-state index is 10.9. The molecule has 0 fully saturated rings. The van der Waals surface area contributed by atoms with E-state index in [0.29, 0.717) is 11.4 Å². The molecule has 0 aromatic heterocycles. The Labute approximate surface area is 383 Å². The minimum Gasteiger partial charge on any atom is -0.310 e. The highest BCUT2D eigenvalue weighted by atomic mass is 15.1. The van der Waals surface area contributed by atoms with Gasteiger partial charge in [0.1, 0.15) is 0 Å². The summed E-state index contributed by atoms with van der Waals surface area (Å²) in [5.41, 5.74) is 1.16. The summed E-state index contributed by atoms with van der Waals surface area (Å²) in [5.74, 6) is 0. The molecule has 0 saturated carbocycles. The van der Waals surface area contributed by atoms with Crippen LogP contribution in [0.4, 0.5) is 17.1 Å². The second kappa shape index (κ2) is 13.1. The third-order valence-corrected chi connectivity index (χ3v) is 13.2. The highest BCUT2D eigenvalue weighted by Crippen LogP contribution is 2.59. The average molecular weight is 797 g/mol. The Kier molecular flexibility index (Phi) is 4.83. The van der Waals surface area contributed by atoms with E-state index in [-0.39, 0.29) is 5.69 Å². The van der Waals surface area contributed by atoms with Gasteiger partial charge >= 0.3 is 0 Å². The normalized spacial score (nSPS) is 20.7. The van der Waals surface area contributed by atoms with Crippen LogP contribution in [0.1, 0.15) is 94.1 Å². The predicted molar refractivity (Wildman–Crippen MR) is 253 cm³/mol. The van der Waals surface area contributed by atoms with Crippen LogP contribution in [0.3, 0.4) is 0 Å². The van der Waals surface area contributed by atoms with Crippen molar-refractivity contribution in [1.82, 2.24) is 0 Å². The van der Waals surface area contributed by atoms with Crippen LogP contribution in [0, 0.1) is 0 Å². The summed E-state index contributed by atoms with van der Waals surface area (Å²) in [7, 11) is 0. The van der Waals surface area contributed by atoms with Crippen molar-refractivity contribution in [1.29, 1.82) is 0 Å². The highest BCUT2D eigenvalue weighted by Gasteiger charge is 2.47. The van der Waals surface area contributed by atoms with Crippen molar-refractivity contribution in [3.63, 3.8) is 0 Å². The lowest BCUT2D eigenvalue weighted by Crippen LogP contribution is -2.28. The lowest BCUT2D eigenvalue weighted by molar-refractivity contribution is 0.660. The van der Waals surface area contributed by atoms with Gasteiger partial charge in [-0.1, -0.05) is 195 Å². The first-order valence-corrected chi connectivity index (χ1v) is 20.2. The third-order valence-electron chi connectivity index (χ3n) is 13.2. The van der Waals surface area contributed by atoms with E-state index in [4.69, 9.17) is 11.0 Å². The number of rotatable bonds is 6. The molecule has 290 valence electrons. The molecule has 9 aromatic carbocycles. The molecular formula is C60H45N. The molecule has 9 aromatic rings. The molecule has 0 aliphatic heterocycles. The molecular weight excluding hydrogens is 735 g/mol. The quantitative estimate of drug-likeness (QED) is 0.162. The van der Waals surface area contributed by atoms with E-state index in [2.05, 4.69) is 39.0 Å². The molecule has 3 aliphatic rings. The van der Waals surface area contributed by atoms with Crippen molar-refractivity contribution >= 4 is 17.1 Å². The summed E-state index contributed by atoms with van der Waals surface area (Å²) in [6.45, 7) is 6.32. The predicted octanol–water partition coefficient (Wildman–Crippen LogP) is 15.2. The molecule has 0 N–H and O–H groups in total. The summed E-state index contributed by atoms with van der Waals surface area (Å²) >= 11 is 0. The van der Waals surface area contributed by atoms with Gasteiger partial charge in [0.2, 0.25) is 0 Å². The second-order valence-corrected chi connectivity index (χ2v) is 16.5. The van der Waals surface area contributed by atoms with Gasteiger partial charge in [-0.05, 0) is 127 Å². The fraction of sp³-hybridized carbons (Fsp3) is 0.100. The fourth-order valence-corrected chi connectivity index (χ4v) is 10.3. The number of anilines is 3. The Bertz CT molecular complexity index is 4060. The van der Waals surface area contributed by atoms with Gasteiger partial charge in [-0.25, -0.2) is 0 Å². The first kappa shape index (κ1) is 22.4. The summed E-state index contributed by atoms with van der Waals surface area (Å²) in [6.07, 6.45) is 0. The van der Waals surface area contributed by atoms with Gasteiger partial charge in [0, 0.05) is 27.9 Å². The van der Waals surface area contributed by atoms with Gasteiger partial charge in [-0.3, -0.25) is 0 Å². The molecule has 1 heteroatoms. The van der Waals surface area contributed by atoms with E-state index in [1.165, 1.54) is 0 Å². The highest BCUT2D eigenvalue weighted by molar-refractivity contribution is 5.92. The van der Waals surface area contributed by atoms with E-state index in [1.807, 2.05) is 97.1 Å². The van der Waals surface area contributed by atoms with Gasteiger partial charge in [-0.15, -0.1) is 0 Å².